The lowest BCUT2D eigenvalue weighted by atomic mass is 10.0. The topological polar surface area (TPSA) is 61.0 Å². The van der Waals surface area contributed by atoms with E-state index in [0.29, 0.717) is 5.69 Å². The van der Waals surface area contributed by atoms with Crippen LogP contribution in [-0.4, -0.2) is 22.0 Å². The molecular weight excluding hydrogens is 145 g/mol. The Hall–Kier alpha value is -1.33. The molecule has 0 spiro atoms. The standard InChI is InChI=1S/C5H7BN3O2/c1-4-5(9(10)11)3-7-8(4)6-2/h3H,1-2H3. The first-order valence-corrected chi connectivity index (χ1v) is 3.14. The first kappa shape index (κ1) is 7.78. The fourth-order valence-electron chi connectivity index (χ4n) is 0.854. The normalized spacial score (nSPS) is 9.64. The van der Waals surface area contributed by atoms with E-state index in [1.165, 1.54) is 10.8 Å². The molecule has 0 aliphatic carbocycles. The molecule has 11 heavy (non-hydrogen) atoms. The molecular formula is C5H7BN3O2. The molecule has 0 aliphatic heterocycles. The Kier molecular flexibility index (Phi) is 1.93. The third-order valence-corrected chi connectivity index (χ3v) is 1.46. The number of hydrogen-bond donors (Lipinski definition) is 0. The second-order valence-electron chi connectivity index (χ2n) is 2.08. The maximum Gasteiger partial charge on any atom is 0.308 e. The Bertz CT molecular complexity index is 283. The molecule has 0 N–H and O–H groups in total. The monoisotopic (exact) mass is 152 g/mol. The van der Waals surface area contributed by atoms with Crippen molar-refractivity contribution in [2.45, 2.75) is 13.7 Å². The van der Waals surface area contributed by atoms with Gasteiger partial charge in [0, 0.05) is 0 Å². The lowest BCUT2D eigenvalue weighted by Crippen LogP contribution is -2.05. The Labute approximate surface area is 64.4 Å². The van der Waals surface area contributed by atoms with Crippen LogP contribution in [0.25, 0.3) is 0 Å². The molecule has 0 fully saturated rings. The van der Waals surface area contributed by atoms with Gasteiger partial charge >= 0.3 is 5.69 Å². The van der Waals surface area contributed by atoms with Crippen LogP contribution in [0.3, 0.4) is 0 Å². The third kappa shape index (κ3) is 1.24. The van der Waals surface area contributed by atoms with Crippen LogP contribution in [0.15, 0.2) is 6.20 Å². The van der Waals surface area contributed by atoms with E-state index >= 15 is 0 Å². The molecule has 0 aliphatic rings. The number of rotatable bonds is 2. The van der Waals surface area contributed by atoms with Gasteiger partial charge < -0.3 is 4.59 Å². The quantitative estimate of drug-likeness (QED) is 0.354. The molecule has 57 valence electrons. The van der Waals surface area contributed by atoms with Crippen LogP contribution in [0.5, 0.6) is 0 Å². The highest BCUT2D eigenvalue weighted by Gasteiger charge is 2.14. The van der Waals surface area contributed by atoms with Crippen LogP contribution in [0, 0.1) is 17.0 Å². The second kappa shape index (κ2) is 2.73. The SMILES string of the molecule is C[B]n1ncc([N+](=O)[O-])c1C. The van der Waals surface area contributed by atoms with Gasteiger partial charge in [0.1, 0.15) is 6.20 Å². The van der Waals surface area contributed by atoms with E-state index in [-0.39, 0.29) is 5.69 Å². The van der Waals surface area contributed by atoms with Gasteiger partial charge in [-0.1, -0.05) is 6.82 Å². The smallest absolute Gasteiger partial charge is 0.308 e. The van der Waals surface area contributed by atoms with Crippen molar-refractivity contribution in [2.24, 2.45) is 0 Å². The minimum absolute atomic E-state index is 0.0584. The minimum Gasteiger partial charge on any atom is -0.315 e. The van der Waals surface area contributed by atoms with Gasteiger partial charge in [0.15, 0.2) is 0 Å². The molecule has 0 saturated carbocycles. The molecule has 0 bridgehead atoms. The van der Waals surface area contributed by atoms with Crippen molar-refractivity contribution in [3.8, 4) is 0 Å². The zero-order valence-corrected chi connectivity index (χ0v) is 6.31. The largest absolute Gasteiger partial charge is 0.315 e. The average molecular weight is 152 g/mol. The average Bonchev–Trinajstić information content (AvgIpc) is 2.30. The zero-order chi connectivity index (χ0) is 8.43. The summed E-state index contributed by atoms with van der Waals surface area (Å²) < 4.78 is 1.47. The number of nitro groups is 1. The number of aromatic nitrogens is 2. The van der Waals surface area contributed by atoms with Crippen molar-refractivity contribution in [3.63, 3.8) is 0 Å². The van der Waals surface area contributed by atoms with Gasteiger partial charge in [-0.15, -0.1) is 0 Å². The third-order valence-electron chi connectivity index (χ3n) is 1.46. The second-order valence-corrected chi connectivity index (χ2v) is 2.08. The lowest BCUT2D eigenvalue weighted by molar-refractivity contribution is -0.385. The molecule has 0 amide bonds. The van der Waals surface area contributed by atoms with Gasteiger partial charge in [0.2, 0.25) is 0 Å². The maximum absolute atomic E-state index is 10.3. The Morgan fingerprint density at radius 2 is 2.45 bits per heavy atom. The minimum atomic E-state index is -0.442. The lowest BCUT2D eigenvalue weighted by Gasteiger charge is -1.94. The van der Waals surface area contributed by atoms with Crippen molar-refractivity contribution in [3.05, 3.63) is 22.0 Å². The van der Waals surface area contributed by atoms with Crippen molar-refractivity contribution >= 4 is 13.1 Å². The molecule has 1 aromatic heterocycles. The van der Waals surface area contributed by atoms with E-state index in [9.17, 15) is 10.1 Å². The molecule has 1 radical (unpaired) electrons. The summed E-state index contributed by atoms with van der Waals surface area (Å²) in [6.45, 7) is 3.43. The summed E-state index contributed by atoms with van der Waals surface area (Å²) in [6, 6.07) is 0. The highest BCUT2D eigenvalue weighted by atomic mass is 16.6. The molecule has 6 heteroatoms. The fourth-order valence-corrected chi connectivity index (χ4v) is 0.854. The van der Waals surface area contributed by atoms with Gasteiger partial charge in [-0.3, -0.25) is 10.1 Å². The van der Waals surface area contributed by atoms with Crippen molar-refractivity contribution in [1.29, 1.82) is 0 Å². The van der Waals surface area contributed by atoms with E-state index in [1.54, 1.807) is 21.2 Å². The first-order valence-electron chi connectivity index (χ1n) is 3.14. The van der Waals surface area contributed by atoms with E-state index in [1.807, 2.05) is 0 Å². The summed E-state index contributed by atoms with van der Waals surface area (Å²) in [6.07, 6.45) is 1.25. The number of nitrogens with zero attached hydrogens (tertiary/aromatic N) is 3. The van der Waals surface area contributed by atoms with E-state index < -0.39 is 4.92 Å². The molecule has 1 aromatic rings. The molecule has 0 unspecified atom stereocenters. The number of hydrogen-bond acceptors (Lipinski definition) is 3. The van der Waals surface area contributed by atoms with Gasteiger partial charge in [-0.2, -0.15) is 5.10 Å². The maximum atomic E-state index is 10.3. The van der Waals surface area contributed by atoms with Gasteiger partial charge in [-0.05, 0) is 6.92 Å². The van der Waals surface area contributed by atoms with Crippen LogP contribution in [0.2, 0.25) is 6.82 Å². The molecule has 5 nitrogen and oxygen atoms in total. The van der Waals surface area contributed by atoms with E-state index in [0.717, 1.165) is 0 Å². The fraction of sp³-hybridized carbons (Fsp3) is 0.400. The first-order chi connectivity index (χ1) is 5.16. The zero-order valence-electron chi connectivity index (χ0n) is 6.31. The summed E-state index contributed by atoms with van der Waals surface area (Å²) >= 11 is 0. The molecule has 0 aromatic carbocycles. The van der Waals surface area contributed by atoms with Crippen LogP contribution >= 0.6 is 0 Å². The molecule has 0 saturated heterocycles. The summed E-state index contributed by atoms with van der Waals surface area (Å²) in [5, 5.41) is 14.1. The van der Waals surface area contributed by atoms with E-state index in [4.69, 9.17) is 0 Å². The highest BCUT2D eigenvalue weighted by Crippen LogP contribution is 2.14. The summed E-state index contributed by atoms with van der Waals surface area (Å²) in [5.41, 5.74) is 0.612. The van der Waals surface area contributed by atoms with E-state index in [2.05, 4.69) is 5.10 Å². The van der Waals surface area contributed by atoms with Crippen LogP contribution in [0.1, 0.15) is 5.69 Å². The summed E-state index contributed by atoms with van der Waals surface area (Å²) in [4.78, 5) is 9.85. The summed E-state index contributed by atoms with van der Waals surface area (Å²) in [5.74, 6) is 0. The molecule has 1 heterocycles. The predicted molar refractivity (Wildman–Crippen MR) is 40.6 cm³/mol. The Morgan fingerprint density at radius 3 is 2.73 bits per heavy atom. The van der Waals surface area contributed by atoms with Gasteiger partial charge in [0.25, 0.3) is 7.41 Å². The van der Waals surface area contributed by atoms with Gasteiger partial charge in [-0.25, -0.2) is 0 Å². The molecule has 0 atom stereocenters. The van der Waals surface area contributed by atoms with Crippen LogP contribution < -0.4 is 0 Å². The van der Waals surface area contributed by atoms with Crippen molar-refractivity contribution in [2.75, 3.05) is 0 Å². The Morgan fingerprint density at radius 1 is 1.82 bits per heavy atom. The van der Waals surface area contributed by atoms with Gasteiger partial charge in [0.05, 0.1) is 10.6 Å². The summed E-state index contributed by atoms with van der Waals surface area (Å²) in [7, 11) is 1.67. The van der Waals surface area contributed by atoms with Crippen molar-refractivity contribution < 1.29 is 4.92 Å². The van der Waals surface area contributed by atoms with Crippen LogP contribution in [-0.2, 0) is 0 Å². The van der Waals surface area contributed by atoms with Crippen molar-refractivity contribution in [1.82, 2.24) is 9.69 Å². The highest BCUT2D eigenvalue weighted by molar-refractivity contribution is 6.31. The predicted octanol–water partition coefficient (Wildman–Crippen LogP) is 0.615. The molecule has 1 rings (SSSR count). The Balaban J connectivity index is 3.10. The van der Waals surface area contributed by atoms with Crippen LogP contribution in [0.4, 0.5) is 5.69 Å².